The van der Waals surface area contributed by atoms with Gasteiger partial charge >= 0.3 is 0 Å². The van der Waals surface area contributed by atoms with E-state index in [1.165, 1.54) is 10.9 Å². The molecule has 14 heavy (non-hydrogen) atoms. The molecule has 0 atom stereocenters. The lowest BCUT2D eigenvalue weighted by atomic mass is 10.3. The third-order valence-electron chi connectivity index (χ3n) is 1.89. The van der Waals surface area contributed by atoms with E-state index in [1.807, 2.05) is 0 Å². The van der Waals surface area contributed by atoms with Gasteiger partial charge in [-0.1, -0.05) is 12.1 Å². The Labute approximate surface area is 80.2 Å². The maximum atomic E-state index is 13.3. The van der Waals surface area contributed by atoms with Crippen LogP contribution in [0, 0.1) is 12.7 Å². The first-order valence-corrected chi connectivity index (χ1v) is 4.13. The van der Waals surface area contributed by atoms with Gasteiger partial charge < -0.3 is 5.73 Å². The van der Waals surface area contributed by atoms with Crippen molar-refractivity contribution in [3.8, 4) is 5.69 Å². The van der Waals surface area contributed by atoms with Gasteiger partial charge in [0, 0.05) is 0 Å². The first kappa shape index (κ1) is 8.68. The van der Waals surface area contributed by atoms with Gasteiger partial charge in [0.1, 0.15) is 11.4 Å². The van der Waals surface area contributed by atoms with Crippen LogP contribution in [0.2, 0.25) is 0 Å². The first-order chi connectivity index (χ1) is 6.68. The van der Waals surface area contributed by atoms with Gasteiger partial charge in [-0.25, -0.2) is 4.39 Å². The molecule has 0 unspecified atom stereocenters. The van der Waals surface area contributed by atoms with Crippen LogP contribution in [0.1, 0.15) is 5.69 Å². The molecule has 0 fully saturated rings. The monoisotopic (exact) mass is 192 g/mol. The van der Waals surface area contributed by atoms with Crippen LogP contribution in [-0.2, 0) is 0 Å². The van der Waals surface area contributed by atoms with Crippen molar-refractivity contribution < 1.29 is 4.39 Å². The first-order valence-electron chi connectivity index (χ1n) is 4.13. The molecule has 0 aliphatic rings. The molecule has 2 rings (SSSR count). The zero-order valence-electron chi connectivity index (χ0n) is 7.61. The molecule has 0 bridgehead atoms. The summed E-state index contributed by atoms with van der Waals surface area (Å²) in [6.45, 7) is 1.72. The second-order valence-electron chi connectivity index (χ2n) is 2.91. The molecule has 2 N–H and O–H groups in total. The third-order valence-corrected chi connectivity index (χ3v) is 1.89. The maximum absolute atomic E-state index is 13.3. The highest BCUT2D eigenvalue weighted by Crippen LogP contribution is 2.12. The minimum absolute atomic E-state index is 0.298. The van der Waals surface area contributed by atoms with Gasteiger partial charge in [-0.05, 0) is 19.1 Å². The SMILES string of the molecule is Cc1nn(-c2ccccc2F)nc1N. The molecule has 0 spiro atoms. The number of benzene rings is 1. The average Bonchev–Trinajstić information content (AvgIpc) is 2.48. The van der Waals surface area contributed by atoms with E-state index in [0.29, 0.717) is 17.2 Å². The van der Waals surface area contributed by atoms with Crippen LogP contribution in [0.25, 0.3) is 5.69 Å². The van der Waals surface area contributed by atoms with Crippen LogP contribution in [0.3, 0.4) is 0 Å². The predicted octanol–water partition coefficient (Wildman–Crippen LogP) is 1.30. The quantitative estimate of drug-likeness (QED) is 0.740. The Morgan fingerprint density at radius 2 is 2.00 bits per heavy atom. The highest BCUT2D eigenvalue weighted by Gasteiger charge is 2.08. The zero-order chi connectivity index (χ0) is 10.1. The van der Waals surface area contributed by atoms with Crippen molar-refractivity contribution in [3.05, 3.63) is 35.8 Å². The summed E-state index contributed by atoms with van der Waals surface area (Å²) in [5, 5.41) is 7.87. The molecule has 0 amide bonds. The normalized spacial score (nSPS) is 10.4. The minimum Gasteiger partial charge on any atom is -0.381 e. The largest absolute Gasteiger partial charge is 0.381 e. The number of nitrogens with two attached hydrogens (primary N) is 1. The average molecular weight is 192 g/mol. The lowest BCUT2D eigenvalue weighted by molar-refractivity contribution is 0.596. The van der Waals surface area contributed by atoms with Crippen molar-refractivity contribution >= 4 is 5.82 Å². The van der Waals surface area contributed by atoms with Gasteiger partial charge in [-0.15, -0.1) is 9.90 Å². The number of aromatic nitrogens is 3. The van der Waals surface area contributed by atoms with Crippen LogP contribution in [-0.4, -0.2) is 15.0 Å². The van der Waals surface area contributed by atoms with Crippen molar-refractivity contribution in [1.29, 1.82) is 0 Å². The van der Waals surface area contributed by atoms with Gasteiger partial charge in [0.2, 0.25) is 0 Å². The molecule has 72 valence electrons. The van der Waals surface area contributed by atoms with Gasteiger partial charge in [-0.2, -0.15) is 5.10 Å². The van der Waals surface area contributed by atoms with E-state index < -0.39 is 0 Å². The summed E-state index contributed by atoms with van der Waals surface area (Å²) >= 11 is 0. The van der Waals surface area contributed by atoms with Crippen molar-refractivity contribution in [2.45, 2.75) is 6.92 Å². The summed E-state index contributed by atoms with van der Waals surface area (Å²) < 4.78 is 13.3. The predicted molar refractivity (Wildman–Crippen MR) is 50.5 cm³/mol. The Bertz CT molecular complexity index is 444. The molecular weight excluding hydrogens is 183 g/mol. The molecular formula is C9H9FN4. The number of aryl methyl sites for hydroxylation is 1. The molecule has 0 saturated heterocycles. The van der Waals surface area contributed by atoms with Gasteiger partial charge in [0.05, 0.1) is 0 Å². The molecule has 0 saturated carbocycles. The molecule has 1 aromatic heterocycles. The van der Waals surface area contributed by atoms with Gasteiger partial charge in [0.15, 0.2) is 11.6 Å². The number of para-hydroxylation sites is 1. The fourth-order valence-corrected chi connectivity index (χ4v) is 1.11. The summed E-state index contributed by atoms with van der Waals surface area (Å²) in [7, 11) is 0. The van der Waals surface area contributed by atoms with E-state index in [2.05, 4.69) is 10.2 Å². The van der Waals surface area contributed by atoms with Crippen molar-refractivity contribution in [2.75, 3.05) is 5.73 Å². The number of anilines is 1. The molecule has 2 aromatic rings. The minimum atomic E-state index is -0.373. The van der Waals surface area contributed by atoms with Gasteiger partial charge in [-0.3, -0.25) is 0 Å². The van der Waals surface area contributed by atoms with Crippen molar-refractivity contribution in [3.63, 3.8) is 0 Å². The lowest BCUT2D eigenvalue weighted by Crippen LogP contribution is -2.01. The number of nitrogen functional groups attached to an aromatic ring is 1. The Morgan fingerprint density at radius 3 is 2.57 bits per heavy atom. The van der Waals surface area contributed by atoms with E-state index in [4.69, 9.17) is 5.73 Å². The van der Waals surface area contributed by atoms with Crippen LogP contribution >= 0.6 is 0 Å². The summed E-state index contributed by atoms with van der Waals surface area (Å²) in [6.07, 6.45) is 0. The molecule has 4 nitrogen and oxygen atoms in total. The Kier molecular flexibility index (Phi) is 1.92. The van der Waals surface area contributed by atoms with E-state index in [1.54, 1.807) is 25.1 Å². The van der Waals surface area contributed by atoms with Gasteiger partial charge in [0.25, 0.3) is 0 Å². The number of hydrogen-bond donors (Lipinski definition) is 1. The number of hydrogen-bond acceptors (Lipinski definition) is 3. The standard InChI is InChI=1S/C9H9FN4/c1-6-9(11)13-14(12-6)8-5-3-2-4-7(8)10/h2-5H,1H3,(H2,11,13). The molecule has 0 radical (unpaired) electrons. The second kappa shape index (κ2) is 3.10. The second-order valence-corrected chi connectivity index (χ2v) is 2.91. The number of rotatable bonds is 1. The molecule has 0 aliphatic heterocycles. The fraction of sp³-hybridized carbons (Fsp3) is 0.111. The molecule has 0 aliphatic carbocycles. The zero-order valence-corrected chi connectivity index (χ0v) is 7.61. The Morgan fingerprint density at radius 1 is 1.29 bits per heavy atom. The topological polar surface area (TPSA) is 56.7 Å². The maximum Gasteiger partial charge on any atom is 0.169 e. The summed E-state index contributed by atoms with van der Waals surface area (Å²) in [5.74, 6) is -0.0595. The number of halogens is 1. The summed E-state index contributed by atoms with van der Waals surface area (Å²) in [4.78, 5) is 1.19. The van der Waals surface area contributed by atoms with E-state index >= 15 is 0 Å². The lowest BCUT2D eigenvalue weighted by Gasteiger charge is -1.99. The van der Waals surface area contributed by atoms with E-state index in [0.717, 1.165) is 0 Å². The van der Waals surface area contributed by atoms with Crippen LogP contribution in [0.15, 0.2) is 24.3 Å². The van der Waals surface area contributed by atoms with E-state index in [-0.39, 0.29) is 5.82 Å². The molecule has 5 heteroatoms. The highest BCUT2D eigenvalue weighted by molar-refractivity contribution is 5.36. The number of nitrogens with zero attached hydrogens (tertiary/aromatic N) is 3. The fourth-order valence-electron chi connectivity index (χ4n) is 1.11. The van der Waals surface area contributed by atoms with Crippen molar-refractivity contribution in [2.24, 2.45) is 0 Å². The van der Waals surface area contributed by atoms with Crippen molar-refractivity contribution in [1.82, 2.24) is 15.0 Å². The Balaban J connectivity index is 2.55. The van der Waals surface area contributed by atoms with Crippen LogP contribution in [0.4, 0.5) is 10.2 Å². The highest BCUT2D eigenvalue weighted by atomic mass is 19.1. The summed E-state index contributed by atoms with van der Waals surface area (Å²) in [6, 6.07) is 6.27. The van der Waals surface area contributed by atoms with Crippen LogP contribution in [0.5, 0.6) is 0 Å². The van der Waals surface area contributed by atoms with Crippen LogP contribution < -0.4 is 5.73 Å². The molecule has 1 heterocycles. The third kappa shape index (κ3) is 1.32. The van der Waals surface area contributed by atoms with E-state index in [9.17, 15) is 4.39 Å². The Hall–Kier alpha value is -1.91. The molecule has 1 aromatic carbocycles. The summed E-state index contributed by atoms with van der Waals surface area (Å²) in [5.41, 5.74) is 6.40. The smallest absolute Gasteiger partial charge is 0.169 e.